The molecule has 2 amide bonds. The fraction of sp³-hybridized carbons (Fsp3) is 0.517. The number of guanidine groups is 1. The monoisotopic (exact) mass is 600 g/mol. The second-order valence-electron chi connectivity index (χ2n) is 11.1. The summed E-state index contributed by atoms with van der Waals surface area (Å²) in [4.78, 5) is 42.5. The van der Waals surface area contributed by atoms with Crippen LogP contribution in [0.4, 0.5) is 0 Å². The van der Waals surface area contributed by atoms with E-state index in [9.17, 15) is 22.8 Å². The summed E-state index contributed by atoms with van der Waals surface area (Å²) < 4.78 is 35.1. The molecule has 1 saturated carbocycles. The fourth-order valence-corrected chi connectivity index (χ4v) is 7.05. The third-order valence-corrected chi connectivity index (χ3v) is 9.48. The molecule has 2 fully saturated rings. The van der Waals surface area contributed by atoms with E-state index in [1.807, 2.05) is 12.1 Å². The molecule has 0 aromatic heterocycles. The van der Waals surface area contributed by atoms with Crippen molar-refractivity contribution >= 4 is 44.5 Å². The Morgan fingerprint density at radius 1 is 1.05 bits per heavy atom. The highest BCUT2D eigenvalue weighted by Gasteiger charge is 2.40. The highest BCUT2D eigenvalue weighted by molar-refractivity contribution is 7.89. The maximum Gasteiger partial charge on any atom is 0.328 e. The molecule has 13 heteroatoms. The molecule has 12 nitrogen and oxygen atoms in total. The van der Waals surface area contributed by atoms with Gasteiger partial charge in [-0.2, -0.15) is 4.72 Å². The van der Waals surface area contributed by atoms with Gasteiger partial charge < -0.3 is 26.0 Å². The Bertz CT molecular complexity index is 1430. The molecule has 42 heavy (non-hydrogen) atoms. The van der Waals surface area contributed by atoms with E-state index < -0.39 is 52.4 Å². The van der Waals surface area contributed by atoms with E-state index in [1.54, 1.807) is 30.0 Å². The molecule has 4 rings (SSSR count). The van der Waals surface area contributed by atoms with Gasteiger partial charge in [0.25, 0.3) is 0 Å². The number of hydrogen-bond acceptors (Lipinski definition) is 7. The minimum Gasteiger partial charge on any atom is -0.459 e. The zero-order chi connectivity index (χ0) is 30.4. The summed E-state index contributed by atoms with van der Waals surface area (Å²) in [5.74, 6) is -2.31. The number of nitrogens with zero attached hydrogens (tertiary/aromatic N) is 2. The maximum absolute atomic E-state index is 14.1. The smallest absolute Gasteiger partial charge is 0.328 e. The van der Waals surface area contributed by atoms with Crippen molar-refractivity contribution in [1.29, 1.82) is 5.41 Å². The number of piperidine rings is 1. The number of likely N-dealkylation sites (tertiary alicyclic amines) is 1. The van der Waals surface area contributed by atoms with Gasteiger partial charge in [-0.05, 0) is 55.5 Å². The molecule has 1 heterocycles. The number of rotatable bonds is 10. The van der Waals surface area contributed by atoms with Crippen LogP contribution >= 0.6 is 0 Å². The summed E-state index contributed by atoms with van der Waals surface area (Å²) in [5, 5.41) is 9.24. The summed E-state index contributed by atoms with van der Waals surface area (Å²) >= 11 is 0. The van der Waals surface area contributed by atoms with Crippen LogP contribution in [0.2, 0.25) is 0 Å². The quantitative estimate of drug-likeness (QED) is 0.180. The molecule has 3 atom stereocenters. The number of nitrogens with two attached hydrogens (primary N) is 2. The standard InChI is InChI=1S/C29H40N6O6S/c1-19(28(38)41-23-12-7-15-34(18-23)29(31)32)35(22-10-3-2-4-11-22)27(37)25(17-26(30)36)33-42(39,40)24-14-13-20-8-5-6-9-21(20)16-24/h5-6,8-9,13-14,16,19,22-23,25,33H,2-4,7,10-12,15,17-18H2,1H3,(H2,30,36)(H3,31,32)/t19?,23-,25-/m0/s1. The summed E-state index contributed by atoms with van der Waals surface area (Å²) in [5.41, 5.74) is 11.1. The van der Waals surface area contributed by atoms with Gasteiger partial charge in [0.15, 0.2) is 5.96 Å². The Kier molecular flexibility index (Phi) is 10.0. The number of primary amides is 1. The molecule has 1 unspecified atom stereocenters. The van der Waals surface area contributed by atoms with Crippen LogP contribution in [0.5, 0.6) is 0 Å². The lowest BCUT2D eigenvalue weighted by Gasteiger charge is -2.40. The number of carbonyl (C=O) groups excluding carboxylic acids is 3. The number of nitrogens with one attached hydrogen (secondary N) is 2. The zero-order valence-electron chi connectivity index (χ0n) is 23.8. The first-order chi connectivity index (χ1) is 20.0. The first kappa shape index (κ1) is 31.2. The Morgan fingerprint density at radius 2 is 1.74 bits per heavy atom. The number of esters is 1. The third kappa shape index (κ3) is 7.57. The van der Waals surface area contributed by atoms with E-state index >= 15 is 0 Å². The van der Waals surface area contributed by atoms with Crippen LogP contribution < -0.4 is 16.2 Å². The minimum atomic E-state index is -4.25. The molecule has 1 aliphatic heterocycles. The summed E-state index contributed by atoms with van der Waals surface area (Å²) in [6.07, 6.45) is 4.13. The molecule has 2 aliphatic rings. The number of amides is 2. The highest BCUT2D eigenvalue weighted by Crippen LogP contribution is 2.27. The Labute approximate surface area is 246 Å². The van der Waals surface area contributed by atoms with Crippen molar-refractivity contribution in [1.82, 2.24) is 14.5 Å². The summed E-state index contributed by atoms with van der Waals surface area (Å²) in [6, 6.07) is 8.96. The number of ether oxygens (including phenoxy) is 1. The van der Waals surface area contributed by atoms with Crippen LogP contribution in [0.1, 0.15) is 58.3 Å². The number of carbonyl (C=O) groups is 3. The normalized spacial score (nSPS) is 19.5. The molecule has 0 bridgehead atoms. The van der Waals surface area contributed by atoms with Crippen molar-refractivity contribution in [3.63, 3.8) is 0 Å². The molecule has 2 aromatic rings. The van der Waals surface area contributed by atoms with Gasteiger partial charge in [0.2, 0.25) is 21.8 Å². The molecule has 2 aromatic carbocycles. The Hall–Kier alpha value is -3.71. The fourth-order valence-electron chi connectivity index (χ4n) is 5.83. The largest absolute Gasteiger partial charge is 0.459 e. The number of fused-ring (bicyclic) bond motifs is 1. The molecule has 1 saturated heterocycles. The van der Waals surface area contributed by atoms with Crippen molar-refractivity contribution in [2.45, 2.75) is 87.4 Å². The predicted molar refractivity (Wildman–Crippen MR) is 158 cm³/mol. The molecule has 0 spiro atoms. The molecule has 228 valence electrons. The highest BCUT2D eigenvalue weighted by atomic mass is 32.2. The molecular weight excluding hydrogens is 560 g/mol. The Balaban J connectivity index is 1.59. The Morgan fingerprint density at radius 3 is 2.40 bits per heavy atom. The van der Waals surface area contributed by atoms with Crippen LogP contribution in [0.25, 0.3) is 10.8 Å². The van der Waals surface area contributed by atoms with Gasteiger partial charge in [-0.15, -0.1) is 0 Å². The minimum absolute atomic E-state index is 0.0625. The van der Waals surface area contributed by atoms with Gasteiger partial charge in [0.1, 0.15) is 18.2 Å². The lowest BCUT2D eigenvalue weighted by Crippen LogP contribution is -2.58. The van der Waals surface area contributed by atoms with E-state index in [4.69, 9.17) is 21.6 Å². The first-order valence-electron chi connectivity index (χ1n) is 14.4. The SMILES string of the molecule is CC(C(=O)O[C@H]1CCCN(C(=N)N)C1)N(C(=O)[C@H](CC(N)=O)NS(=O)(=O)c1ccc2ccccc2c1)C1CCCCC1. The van der Waals surface area contributed by atoms with Crippen molar-refractivity contribution in [2.75, 3.05) is 13.1 Å². The van der Waals surface area contributed by atoms with E-state index in [0.717, 1.165) is 24.6 Å². The van der Waals surface area contributed by atoms with Crippen molar-refractivity contribution in [3.8, 4) is 0 Å². The average molecular weight is 601 g/mol. The van der Waals surface area contributed by atoms with E-state index in [1.165, 1.54) is 17.0 Å². The number of hydrogen-bond donors (Lipinski definition) is 4. The van der Waals surface area contributed by atoms with Crippen LogP contribution in [0, 0.1) is 5.41 Å². The lowest BCUT2D eigenvalue weighted by atomic mass is 9.92. The van der Waals surface area contributed by atoms with Crippen LogP contribution in [0.15, 0.2) is 47.4 Å². The van der Waals surface area contributed by atoms with Crippen LogP contribution in [-0.4, -0.2) is 79.3 Å². The van der Waals surface area contributed by atoms with Crippen molar-refractivity contribution in [3.05, 3.63) is 42.5 Å². The number of benzene rings is 2. The van der Waals surface area contributed by atoms with E-state index in [2.05, 4.69) is 4.72 Å². The van der Waals surface area contributed by atoms with Gasteiger partial charge in [0, 0.05) is 12.6 Å². The van der Waals surface area contributed by atoms with Gasteiger partial charge in [-0.25, -0.2) is 13.2 Å². The third-order valence-electron chi connectivity index (χ3n) is 8.01. The topological polar surface area (TPSA) is 189 Å². The van der Waals surface area contributed by atoms with Gasteiger partial charge in [-0.3, -0.25) is 15.0 Å². The van der Waals surface area contributed by atoms with E-state index in [0.29, 0.717) is 37.6 Å². The van der Waals surface area contributed by atoms with Gasteiger partial charge in [-0.1, -0.05) is 49.6 Å². The van der Waals surface area contributed by atoms with Gasteiger partial charge in [0.05, 0.1) is 17.9 Å². The van der Waals surface area contributed by atoms with Crippen LogP contribution in [-0.2, 0) is 29.1 Å². The summed E-state index contributed by atoms with van der Waals surface area (Å²) in [7, 11) is -4.25. The lowest BCUT2D eigenvalue weighted by molar-refractivity contribution is -0.163. The average Bonchev–Trinajstić information content (AvgIpc) is 2.97. The molecule has 6 N–H and O–H groups in total. The maximum atomic E-state index is 14.1. The second kappa shape index (κ2) is 13.5. The zero-order valence-corrected chi connectivity index (χ0v) is 24.6. The summed E-state index contributed by atoms with van der Waals surface area (Å²) in [6.45, 7) is 2.43. The van der Waals surface area contributed by atoms with Crippen LogP contribution in [0.3, 0.4) is 0 Å². The predicted octanol–water partition coefficient (Wildman–Crippen LogP) is 1.81. The molecular formula is C29H40N6O6S. The van der Waals surface area contributed by atoms with E-state index in [-0.39, 0.29) is 23.4 Å². The second-order valence-corrected chi connectivity index (χ2v) is 12.8. The van der Waals surface area contributed by atoms with Gasteiger partial charge >= 0.3 is 5.97 Å². The van der Waals surface area contributed by atoms with Crippen molar-refractivity contribution in [2.24, 2.45) is 11.5 Å². The first-order valence-corrected chi connectivity index (χ1v) is 15.9. The number of sulfonamides is 1. The molecule has 1 aliphatic carbocycles. The van der Waals surface area contributed by atoms with Crippen molar-refractivity contribution < 1.29 is 27.5 Å². The molecule has 0 radical (unpaired) electrons.